The Bertz CT molecular complexity index is 875. The second-order valence-electron chi connectivity index (χ2n) is 5.50. The van der Waals surface area contributed by atoms with E-state index >= 15 is 0 Å². The minimum atomic E-state index is -0.293. The van der Waals surface area contributed by atoms with Crippen molar-refractivity contribution in [3.05, 3.63) is 34.7 Å². The van der Waals surface area contributed by atoms with Crippen LogP contribution in [0.1, 0.15) is 24.8 Å². The minimum Gasteiger partial charge on any atom is -0.483 e. The number of benzene rings is 1. The van der Waals surface area contributed by atoms with Crippen molar-refractivity contribution >= 4 is 38.8 Å². The molecule has 3 N–H and O–H groups in total. The molecular weight excluding hydrogens is 358 g/mol. The third kappa shape index (κ3) is 4.31. The Kier molecular flexibility index (Phi) is 5.25. The van der Waals surface area contributed by atoms with Gasteiger partial charge < -0.3 is 10.5 Å². The summed E-state index contributed by atoms with van der Waals surface area (Å²) in [5.41, 5.74) is 7.21. The molecule has 0 radical (unpaired) electrons. The number of amides is 1. The van der Waals surface area contributed by atoms with Gasteiger partial charge in [-0.15, -0.1) is 21.5 Å². The summed E-state index contributed by atoms with van der Waals surface area (Å²) in [6.45, 7) is 3.92. The van der Waals surface area contributed by atoms with Crippen molar-refractivity contribution in [2.75, 3.05) is 17.7 Å². The molecule has 25 heavy (non-hydrogen) atoms. The van der Waals surface area contributed by atoms with Crippen LogP contribution in [-0.2, 0) is 4.79 Å². The first-order chi connectivity index (χ1) is 12.0. The van der Waals surface area contributed by atoms with Crippen LogP contribution >= 0.6 is 22.7 Å². The Balaban J connectivity index is 1.64. The van der Waals surface area contributed by atoms with E-state index in [1.165, 1.54) is 22.7 Å². The average Bonchev–Trinajstić information content (AvgIpc) is 3.22. The summed E-state index contributed by atoms with van der Waals surface area (Å²) < 4.78 is 5.66. The Hall–Kier alpha value is -2.52. The zero-order valence-corrected chi connectivity index (χ0v) is 15.4. The lowest BCUT2D eigenvalue weighted by atomic mass is 10.1. The fourth-order valence-electron chi connectivity index (χ4n) is 2.03. The second kappa shape index (κ2) is 7.58. The predicted molar refractivity (Wildman–Crippen MR) is 100 cm³/mol. The highest BCUT2D eigenvalue weighted by Crippen LogP contribution is 2.31. The Morgan fingerprint density at radius 2 is 2.12 bits per heavy atom. The summed E-state index contributed by atoms with van der Waals surface area (Å²) in [6, 6.07) is 7.39. The van der Waals surface area contributed by atoms with Gasteiger partial charge in [0.1, 0.15) is 10.8 Å². The summed E-state index contributed by atoms with van der Waals surface area (Å²) >= 11 is 2.72. The van der Waals surface area contributed by atoms with Crippen LogP contribution in [0.2, 0.25) is 0 Å². The van der Waals surface area contributed by atoms with Gasteiger partial charge in [0.25, 0.3) is 5.91 Å². The Morgan fingerprint density at radius 3 is 2.80 bits per heavy atom. The maximum Gasteiger partial charge on any atom is 0.264 e. The largest absolute Gasteiger partial charge is 0.483 e. The Labute approximate surface area is 152 Å². The van der Waals surface area contributed by atoms with Crippen LogP contribution in [0.4, 0.5) is 10.3 Å². The molecule has 1 amide bonds. The van der Waals surface area contributed by atoms with Gasteiger partial charge in [-0.05, 0) is 12.1 Å². The molecule has 0 aliphatic heterocycles. The van der Waals surface area contributed by atoms with Crippen LogP contribution < -0.4 is 15.8 Å². The summed E-state index contributed by atoms with van der Waals surface area (Å²) in [4.78, 5) is 16.3. The fraction of sp³-hybridized carbons (Fsp3) is 0.250. The van der Waals surface area contributed by atoms with E-state index in [4.69, 9.17) is 10.5 Å². The highest BCUT2D eigenvalue weighted by atomic mass is 32.1. The number of anilines is 2. The average molecular weight is 375 g/mol. The lowest BCUT2D eigenvalue weighted by Gasteiger charge is -2.09. The third-order valence-electron chi connectivity index (χ3n) is 3.22. The number of nitrogens with two attached hydrogens (primary N) is 1. The van der Waals surface area contributed by atoms with Crippen molar-refractivity contribution in [1.82, 2.24) is 15.2 Å². The number of hydrogen-bond donors (Lipinski definition) is 2. The Morgan fingerprint density at radius 1 is 1.32 bits per heavy atom. The number of thiazole rings is 1. The summed E-state index contributed by atoms with van der Waals surface area (Å²) in [7, 11) is 0. The van der Waals surface area contributed by atoms with Crippen molar-refractivity contribution in [2.45, 2.75) is 19.8 Å². The van der Waals surface area contributed by atoms with Crippen LogP contribution in [0, 0.1) is 0 Å². The predicted octanol–water partition coefficient (Wildman–Crippen LogP) is 3.38. The first-order valence-corrected chi connectivity index (χ1v) is 9.29. The van der Waals surface area contributed by atoms with E-state index in [1.807, 2.05) is 37.4 Å². The van der Waals surface area contributed by atoms with Gasteiger partial charge in [-0.2, -0.15) is 0 Å². The number of nitrogens with zero attached hydrogens (tertiary/aromatic N) is 3. The molecule has 0 fully saturated rings. The maximum absolute atomic E-state index is 12.1. The van der Waals surface area contributed by atoms with Crippen molar-refractivity contribution < 1.29 is 9.53 Å². The van der Waals surface area contributed by atoms with E-state index in [9.17, 15) is 4.79 Å². The first kappa shape index (κ1) is 17.3. The van der Waals surface area contributed by atoms with Gasteiger partial charge in [-0.1, -0.05) is 37.3 Å². The number of ether oxygens (including phenoxy) is 1. The van der Waals surface area contributed by atoms with Gasteiger partial charge in [0.2, 0.25) is 5.13 Å². The van der Waals surface area contributed by atoms with Gasteiger partial charge in [0, 0.05) is 16.9 Å². The molecule has 0 bridgehead atoms. The summed E-state index contributed by atoms with van der Waals surface area (Å²) in [6.07, 6.45) is 0. The number of nitrogens with one attached hydrogen (secondary N) is 1. The van der Waals surface area contributed by atoms with E-state index in [2.05, 4.69) is 20.5 Å². The third-order valence-corrected chi connectivity index (χ3v) is 5.04. The molecule has 0 aliphatic carbocycles. The number of hydrogen-bond acceptors (Lipinski definition) is 8. The highest BCUT2D eigenvalue weighted by Gasteiger charge is 2.13. The number of nitrogen functional groups attached to an aromatic ring is 1. The van der Waals surface area contributed by atoms with Crippen LogP contribution in [0.5, 0.6) is 5.75 Å². The van der Waals surface area contributed by atoms with Crippen molar-refractivity contribution in [3.8, 4) is 17.0 Å². The fourth-order valence-corrected chi connectivity index (χ4v) is 3.36. The molecular formula is C16H17N5O2S2. The molecule has 0 atom stereocenters. The topological polar surface area (TPSA) is 103 Å². The van der Waals surface area contributed by atoms with E-state index in [0.717, 1.165) is 16.3 Å². The minimum absolute atomic E-state index is 0.132. The van der Waals surface area contributed by atoms with Crippen LogP contribution in [-0.4, -0.2) is 27.7 Å². The van der Waals surface area contributed by atoms with Gasteiger partial charge in [-0.25, -0.2) is 4.98 Å². The molecule has 3 aromatic rings. The van der Waals surface area contributed by atoms with Gasteiger partial charge in [-0.3, -0.25) is 10.1 Å². The lowest BCUT2D eigenvalue weighted by molar-refractivity contribution is -0.118. The van der Waals surface area contributed by atoms with Crippen molar-refractivity contribution in [2.24, 2.45) is 0 Å². The molecule has 3 rings (SSSR count). The number of rotatable bonds is 6. The maximum atomic E-state index is 12.1. The van der Waals surface area contributed by atoms with Crippen molar-refractivity contribution in [3.63, 3.8) is 0 Å². The summed E-state index contributed by atoms with van der Waals surface area (Å²) in [5, 5.41) is 14.4. The van der Waals surface area contributed by atoms with Crippen LogP contribution in [0.15, 0.2) is 29.6 Å². The molecule has 2 heterocycles. The van der Waals surface area contributed by atoms with Crippen LogP contribution in [0.25, 0.3) is 11.3 Å². The zero-order chi connectivity index (χ0) is 17.8. The van der Waals surface area contributed by atoms with Gasteiger partial charge in [0.05, 0.1) is 5.69 Å². The molecule has 2 aromatic heterocycles. The van der Waals surface area contributed by atoms with E-state index in [1.54, 1.807) is 6.07 Å². The number of aromatic nitrogens is 3. The zero-order valence-electron chi connectivity index (χ0n) is 13.7. The number of para-hydroxylation sites is 1. The molecule has 1 aromatic carbocycles. The molecule has 0 unspecified atom stereocenters. The lowest BCUT2D eigenvalue weighted by Crippen LogP contribution is -2.20. The molecule has 0 spiro atoms. The van der Waals surface area contributed by atoms with Crippen LogP contribution in [0.3, 0.4) is 0 Å². The quantitative estimate of drug-likeness (QED) is 0.684. The standard InChI is InChI=1S/C16H17N5O2S2/c1-9(2)14-20-21-16(25-14)19-13(22)7-23-12-6-4-3-5-10(12)11-8-24-15(17)18-11/h3-6,8-9H,7H2,1-2H3,(H2,17,18)(H,19,21,22). The summed E-state index contributed by atoms with van der Waals surface area (Å²) in [5.74, 6) is 0.555. The highest BCUT2D eigenvalue weighted by molar-refractivity contribution is 7.15. The number of carbonyl (C=O) groups is 1. The normalized spacial score (nSPS) is 10.8. The monoisotopic (exact) mass is 375 g/mol. The second-order valence-corrected chi connectivity index (χ2v) is 7.40. The van der Waals surface area contributed by atoms with Crippen molar-refractivity contribution in [1.29, 1.82) is 0 Å². The molecule has 130 valence electrons. The number of carbonyl (C=O) groups excluding carboxylic acids is 1. The molecule has 0 aliphatic rings. The molecule has 7 nitrogen and oxygen atoms in total. The SMILES string of the molecule is CC(C)c1nnc(NC(=O)COc2ccccc2-c2csc(N)n2)s1. The molecule has 0 saturated carbocycles. The smallest absolute Gasteiger partial charge is 0.264 e. The van der Waals surface area contributed by atoms with E-state index in [0.29, 0.717) is 16.0 Å². The van der Waals surface area contributed by atoms with E-state index in [-0.39, 0.29) is 18.4 Å². The van der Waals surface area contributed by atoms with Gasteiger partial charge in [0.15, 0.2) is 11.7 Å². The molecule has 9 heteroatoms. The first-order valence-electron chi connectivity index (χ1n) is 7.59. The van der Waals surface area contributed by atoms with Gasteiger partial charge >= 0.3 is 0 Å². The van der Waals surface area contributed by atoms with E-state index < -0.39 is 0 Å². The molecule has 0 saturated heterocycles.